The van der Waals surface area contributed by atoms with Crippen molar-refractivity contribution in [2.24, 2.45) is 5.73 Å². The molecule has 0 saturated carbocycles. The highest BCUT2D eigenvalue weighted by atomic mass is 16.3. The number of rotatable bonds is 7. The second-order valence-electron chi connectivity index (χ2n) is 4.97. The first-order valence-corrected chi connectivity index (χ1v) is 6.62. The quantitative estimate of drug-likeness (QED) is 0.763. The molecule has 1 aromatic rings. The Hall–Kier alpha value is -0.860. The van der Waals surface area contributed by atoms with Gasteiger partial charge in [-0.1, -0.05) is 44.0 Å². The number of aliphatic hydroxyl groups is 1. The van der Waals surface area contributed by atoms with Gasteiger partial charge in [-0.3, -0.25) is 0 Å². The average Bonchev–Trinajstić information content (AvgIpc) is 2.34. The topological polar surface area (TPSA) is 46.2 Å². The average molecular weight is 235 g/mol. The van der Waals surface area contributed by atoms with Crippen molar-refractivity contribution in [1.82, 2.24) is 0 Å². The highest BCUT2D eigenvalue weighted by molar-refractivity contribution is 5.28. The molecule has 0 saturated heterocycles. The summed E-state index contributed by atoms with van der Waals surface area (Å²) in [6.45, 7) is 4.77. The highest BCUT2D eigenvalue weighted by Gasteiger charge is 2.22. The molecule has 17 heavy (non-hydrogen) atoms. The summed E-state index contributed by atoms with van der Waals surface area (Å²) in [4.78, 5) is 0. The van der Waals surface area contributed by atoms with E-state index in [1.54, 1.807) is 0 Å². The maximum Gasteiger partial charge on any atom is 0.0868 e. The van der Waals surface area contributed by atoms with Crippen LogP contribution < -0.4 is 5.73 Å². The molecule has 2 nitrogen and oxygen atoms in total. The molecule has 1 atom stereocenters. The van der Waals surface area contributed by atoms with Gasteiger partial charge in [-0.25, -0.2) is 0 Å². The Kier molecular flexibility index (Phi) is 5.66. The number of benzene rings is 1. The molecule has 1 rings (SSSR count). The maximum absolute atomic E-state index is 10.4. The third kappa shape index (κ3) is 4.49. The van der Waals surface area contributed by atoms with Crippen molar-refractivity contribution in [1.29, 1.82) is 0 Å². The van der Waals surface area contributed by atoms with Crippen LogP contribution in [0.1, 0.15) is 50.7 Å². The third-order valence-electron chi connectivity index (χ3n) is 3.24. The fourth-order valence-electron chi connectivity index (χ4n) is 2.03. The van der Waals surface area contributed by atoms with Crippen LogP contribution in [0.5, 0.6) is 0 Å². The molecular formula is C15H25NO. The second kappa shape index (κ2) is 6.77. The van der Waals surface area contributed by atoms with E-state index in [0.717, 1.165) is 44.2 Å². The lowest BCUT2D eigenvalue weighted by atomic mass is 9.89. The molecule has 0 aliphatic rings. The maximum atomic E-state index is 10.4. The predicted molar refractivity (Wildman–Crippen MR) is 72.9 cm³/mol. The van der Waals surface area contributed by atoms with Gasteiger partial charge in [-0.15, -0.1) is 0 Å². The summed E-state index contributed by atoms with van der Waals surface area (Å²) in [5.74, 6) is 0. The van der Waals surface area contributed by atoms with Crippen molar-refractivity contribution < 1.29 is 5.11 Å². The standard InChI is InChI=1S/C15H25NO/c1-3-4-10-15(2,17)14-9-5-7-13(12-14)8-6-11-16/h5,7,9,12,17H,3-4,6,8,10-11,16H2,1-2H3. The molecule has 1 aromatic carbocycles. The Balaban J connectivity index is 2.75. The lowest BCUT2D eigenvalue weighted by Crippen LogP contribution is -2.21. The van der Waals surface area contributed by atoms with Crippen molar-refractivity contribution >= 4 is 0 Å². The normalized spacial score (nSPS) is 14.6. The molecule has 0 aliphatic carbocycles. The zero-order chi connectivity index (χ0) is 12.7. The summed E-state index contributed by atoms with van der Waals surface area (Å²) in [6, 6.07) is 8.27. The number of nitrogens with two attached hydrogens (primary N) is 1. The molecule has 3 N–H and O–H groups in total. The van der Waals surface area contributed by atoms with E-state index in [1.807, 2.05) is 19.1 Å². The lowest BCUT2D eigenvalue weighted by molar-refractivity contribution is 0.0453. The van der Waals surface area contributed by atoms with Gasteiger partial charge >= 0.3 is 0 Å². The number of hydrogen-bond donors (Lipinski definition) is 2. The number of unbranched alkanes of at least 4 members (excludes halogenated alkanes) is 1. The van der Waals surface area contributed by atoms with Crippen LogP contribution in [0.25, 0.3) is 0 Å². The second-order valence-corrected chi connectivity index (χ2v) is 4.97. The Morgan fingerprint density at radius 2 is 2.06 bits per heavy atom. The minimum atomic E-state index is -0.700. The van der Waals surface area contributed by atoms with Crippen molar-refractivity contribution in [2.75, 3.05) is 6.54 Å². The molecule has 0 aliphatic heterocycles. The third-order valence-corrected chi connectivity index (χ3v) is 3.24. The van der Waals surface area contributed by atoms with Gasteiger partial charge in [-0.05, 0) is 43.9 Å². The van der Waals surface area contributed by atoms with Gasteiger partial charge in [0.2, 0.25) is 0 Å². The van der Waals surface area contributed by atoms with Crippen molar-refractivity contribution in [3.63, 3.8) is 0 Å². The van der Waals surface area contributed by atoms with Gasteiger partial charge in [-0.2, -0.15) is 0 Å². The first-order valence-electron chi connectivity index (χ1n) is 6.62. The molecule has 1 unspecified atom stereocenters. The van der Waals surface area contributed by atoms with Crippen LogP contribution >= 0.6 is 0 Å². The van der Waals surface area contributed by atoms with Crippen LogP contribution in [0.15, 0.2) is 24.3 Å². The van der Waals surface area contributed by atoms with Gasteiger partial charge in [0.1, 0.15) is 0 Å². The van der Waals surface area contributed by atoms with E-state index >= 15 is 0 Å². The zero-order valence-corrected chi connectivity index (χ0v) is 11.1. The van der Waals surface area contributed by atoms with E-state index in [0.29, 0.717) is 0 Å². The Labute approximate surface area is 105 Å². The number of hydrogen-bond acceptors (Lipinski definition) is 2. The van der Waals surface area contributed by atoms with E-state index in [9.17, 15) is 5.11 Å². The number of aryl methyl sites for hydroxylation is 1. The Morgan fingerprint density at radius 1 is 1.29 bits per heavy atom. The summed E-state index contributed by atoms with van der Waals surface area (Å²) in [7, 11) is 0. The van der Waals surface area contributed by atoms with E-state index < -0.39 is 5.60 Å². The predicted octanol–water partition coefficient (Wildman–Crippen LogP) is 2.98. The summed E-state index contributed by atoms with van der Waals surface area (Å²) in [5.41, 5.74) is 7.11. The van der Waals surface area contributed by atoms with Crippen LogP contribution in [0.2, 0.25) is 0 Å². The van der Waals surface area contributed by atoms with E-state index in [2.05, 4.69) is 19.1 Å². The monoisotopic (exact) mass is 235 g/mol. The zero-order valence-electron chi connectivity index (χ0n) is 11.1. The Bertz CT molecular complexity index is 333. The van der Waals surface area contributed by atoms with Gasteiger partial charge in [0, 0.05) is 0 Å². The largest absolute Gasteiger partial charge is 0.385 e. The molecule has 0 spiro atoms. The van der Waals surface area contributed by atoms with Gasteiger partial charge < -0.3 is 10.8 Å². The van der Waals surface area contributed by atoms with Crippen LogP contribution in [0.4, 0.5) is 0 Å². The molecule has 0 heterocycles. The lowest BCUT2D eigenvalue weighted by Gasteiger charge is -2.24. The molecule has 0 fully saturated rings. The SMILES string of the molecule is CCCCC(C)(O)c1cccc(CCCN)c1. The van der Waals surface area contributed by atoms with Crippen LogP contribution in [-0.2, 0) is 12.0 Å². The molecule has 2 heteroatoms. The molecule has 0 aromatic heterocycles. The first-order chi connectivity index (χ1) is 8.10. The van der Waals surface area contributed by atoms with Gasteiger partial charge in [0.15, 0.2) is 0 Å². The summed E-state index contributed by atoms with van der Waals surface area (Å²) in [5, 5.41) is 10.4. The van der Waals surface area contributed by atoms with Crippen LogP contribution in [-0.4, -0.2) is 11.7 Å². The van der Waals surface area contributed by atoms with Crippen LogP contribution in [0.3, 0.4) is 0 Å². The minimum absolute atomic E-state index is 0.700. The molecule has 96 valence electrons. The van der Waals surface area contributed by atoms with Crippen molar-refractivity contribution in [3.8, 4) is 0 Å². The fraction of sp³-hybridized carbons (Fsp3) is 0.600. The summed E-state index contributed by atoms with van der Waals surface area (Å²) >= 11 is 0. The molecule has 0 amide bonds. The molecule has 0 bridgehead atoms. The Morgan fingerprint density at radius 3 is 2.71 bits per heavy atom. The van der Waals surface area contributed by atoms with E-state index in [-0.39, 0.29) is 0 Å². The highest BCUT2D eigenvalue weighted by Crippen LogP contribution is 2.27. The van der Waals surface area contributed by atoms with Gasteiger partial charge in [0.05, 0.1) is 5.60 Å². The summed E-state index contributed by atoms with van der Waals surface area (Å²) < 4.78 is 0. The minimum Gasteiger partial charge on any atom is -0.385 e. The summed E-state index contributed by atoms with van der Waals surface area (Å²) in [6.07, 6.45) is 4.99. The molecule has 0 radical (unpaired) electrons. The van der Waals surface area contributed by atoms with Crippen molar-refractivity contribution in [3.05, 3.63) is 35.4 Å². The first kappa shape index (κ1) is 14.2. The fourth-order valence-corrected chi connectivity index (χ4v) is 2.03. The van der Waals surface area contributed by atoms with Crippen LogP contribution in [0, 0.1) is 0 Å². The molecular weight excluding hydrogens is 210 g/mol. The van der Waals surface area contributed by atoms with Crippen molar-refractivity contribution in [2.45, 2.75) is 51.6 Å². The van der Waals surface area contributed by atoms with E-state index in [4.69, 9.17) is 5.73 Å². The van der Waals surface area contributed by atoms with Gasteiger partial charge in [0.25, 0.3) is 0 Å². The smallest absolute Gasteiger partial charge is 0.0868 e. The van der Waals surface area contributed by atoms with E-state index in [1.165, 1.54) is 5.56 Å².